The summed E-state index contributed by atoms with van der Waals surface area (Å²) in [6, 6.07) is 18.2. The van der Waals surface area contributed by atoms with Crippen LogP contribution in [0.2, 0.25) is 0 Å². The molecule has 26 heavy (non-hydrogen) atoms. The lowest BCUT2D eigenvalue weighted by Gasteiger charge is -2.21. The minimum Gasteiger partial charge on any atom is -0.489 e. The van der Waals surface area contributed by atoms with Gasteiger partial charge in [0.1, 0.15) is 30.4 Å². The summed E-state index contributed by atoms with van der Waals surface area (Å²) >= 11 is 0. The Labute approximate surface area is 151 Å². The second kappa shape index (κ2) is 8.27. The Morgan fingerprint density at radius 3 is 2.50 bits per heavy atom. The van der Waals surface area contributed by atoms with Crippen LogP contribution in [0.3, 0.4) is 0 Å². The topological polar surface area (TPSA) is 58.9 Å². The summed E-state index contributed by atoms with van der Waals surface area (Å²) in [7, 11) is 1.39. The van der Waals surface area contributed by atoms with E-state index in [0.29, 0.717) is 11.3 Å². The molecule has 0 bridgehead atoms. The molecule has 0 aromatic heterocycles. The van der Waals surface area contributed by atoms with E-state index >= 15 is 0 Å². The number of methoxy groups -OCH3 is 1. The molecular weight excluding hydrogens is 335 g/mol. The Hall–Kier alpha value is -2.47. The van der Waals surface area contributed by atoms with Crippen LogP contribution in [0.1, 0.15) is 17.2 Å². The molecule has 0 saturated carbocycles. The van der Waals surface area contributed by atoms with E-state index in [4.69, 9.17) is 14.6 Å². The van der Waals surface area contributed by atoms with Crippen molar-refractivity contribution >= 4 is 10.8 Å². The summed E-state index contributed by atoms with van der Waals surface area (Å²) < 4.78 is 24.9. The maximum Gasteiger partial charge on any atom is 0.127 e. The van der Waals surface area contributed by atoms with Gasteiger partial charge in [0.25, 0.3) is 0 Å². The molecule has 0 amide bonds. The first-order valence-electron chi connectivity index (χ1n) is 8.33. The summed E-state index contributed by atoms with van der Waals surface area (Å²) in [6.45, 7) is -0.198. The van der Waals surface area contributed by atoms with Gasteiger partial charge in [-0.15, -0.1) is 0 Å². The van der Waals surface area contributed by atoms with Crippen LogP contribution in [-0.4, -0.2) is 30.0 Å². The molecule has 0 unspecified atom stereocenters. The SMILES string of the molecule is CO[C@@H](c1cc(F)cc(OCc2ccc3ccccc3c2)c1)[C@H](O)CO. The maximum atomic E-state index is 13.9. The fourth-order valence-corrected chi connectivity index (χ4v) is 2.94. The first-order chi connectivity index (χ1) is 12.6. The summed E-state index contributed by atoms with van der Waals surface area (Å²) in [6.07, 6.45) is -1.98. The van der Waals surface area contributed by atoms with Crippen LogP contribution in [0.4, 0.5) is 4.39 Å². The van der Waals surface area contributed by atoms with Crippen molar-refractivity contribution in [3.63, 3.8) is 0 Å². The fraction of sp³-hybridized carbons (Fsp3) is 0.238. The van der Waals surface area contributed by atoms with Crippen molar-refractivity contribution in [3.8, 4) is 5.75 Å². The summed E-state index contributed by atoms with van der Waals surface area (Å²) in [4.78, 5) is 0. The number of hydrogen-bond donors (Lipinski definition) is 2. The largest absolute Gasteiger partial charge is 0.489 e. The smallest absolute Gasteiger partial charge is 0.127 e. The van der Waals surface area contributed by atoms with Crippen LogP contribution < -0.4 is 4.74 Å². The molecule has 0 saturated heterocycles. The quantitative estimate of drug-likeness (QED) is 0.679. The maximum absolute atomic E-state index is 13.9. The van der Waals surface area contributed by atoms with Crippen LogP contribution >= 0.6 is 0 Å². The molecule has 0 aliphatic rings. The molecule has 0 aliphatic heterocycles. The van der Waals surface area contributed by atoms with Gasteiger partial charge in [0.15, 0.2) is 0 Å². The summed E-state index contributed by atoms with van der Waals surface area (Å²) in [5.74, 6) is -0.163. The van der Waals surface area contributed by atoms with Gasteiger partial charge in [-0.2, -0.15) is 0 Å². The zero-order valence-corrected chi connectivity index (χ0v) is 14.4. The molecular formula is C21H21FO4. The van der Waals surface area contributed by atoms with Gasteiger partial charge < -0.3 is 19.7 Å². The van der Waals surface area contributed by atoms with Crippen LogP contribution in [-0.2, 0) is 11.3 Å². The number of hydrogen-bond acceptors (Lipinski definition) is 4. The van der Waals surface area contributed by atoms with Gasteiger partial charge in [-0.1, -0.05) is 36.4 Å². The van der Waals surface area contributed by atoms with Gasteiger partial charge in [0.2, 0.25) is 0 Å². The highest BCUT2D eigenvalue weighted by molar-refractivity contribution is 5.82. The Morgan fingerprint density at radius 1 is 1.00 bits per heavy atom. The van der Waals surface area contributed by atoms with Gasteiger partial charge in [-0.05, 0) is 40.1 Å². The van der Waals surface area contributed by atoms with Crippen molar-refractivity contribution in [1.29, 1.82) is 0 Å². The van der Waals surface area contributed by atoms with Crippen molar-refractivity contribution in [2.45, 2.75) is 18.8 Å². The molecule has 3 rings (SSSR count). The van der Waals surface area contributed by atoms with Gasteiger partial charge in [-0.25, -0.2) is 4.39 Å². The molecule has 0 spiro atoms. The van der Waals surface area contributed by atoms with E-state index in [-0.39, 0.29) is 6.61 Å². The standard InChI is InChI=1S/C21H21FO4/c1-25-21(20(24)12-23)17-9-18(22)11-19(10-17)26-13-14-6-7-15-4-2-3-5-16(15)8-14/h2-11,20-21,23-24H,12-13H2,1H3/t20-,21+/m1/s1. The number of aliphatic hydroxyl groups excluding tert-OH is 2. The Balaban J connectivity index is 1.78. The Bertz CT molecular complexity index is 881. The number of ether oxygens (including phenoxy) is 2. The minimum absolute atomic E-state index is 0.286. The molecule has 5 heteroatoms. The number of benzene rings is 3. The molecule has 136 valence electrons. The van der Waals surface area contributed by atoms with Crippen molar-refractivity contribution in [3.05, 3.63) is 77.6 Å². The van der Waals surface area contributed by atoms with Crippen molar-refractivity contribution in [1.82, 2.24) is 0 Å². The summed E-state index contributed by atoms with van der Waals surface area (Å²) in [5, 5.41) is 21.2. The molecule has 3 aromatic carbocycles. The van der Waals surface area contributed by atoms with E-state index in [9.17, 15) is 9.50 Å². The number of rotatable bonds is 7. The zero-order valence-electron chi connectivity index (χ0n) is 14.4. The minimum atomic E-state index is -1.14. The normalized spacial score (nSPS) is 13.5. The average molecular weight is 356 g/mol. The molecule has 2 N–H and O–H groups in total. The van der Waals surface area contributed by atoms with Crippen molar-refractivity contribution < 1.29 is 24.1 Å². The zero-order chi connectivity index (χ0) is 18.5. The van der Waals surface area contributed by atoms with E-state index in [1.54, 1.807) is 6.07 Å². The molecule has 0 aliphatic carbocycles. The van der Waals surface area contributed by atoms with E-state index in [2.05, 4.69) is 0 Å². The molecule has 2 atom stereocenters. The highest BCUT2D eigenvalue weighted by Gasteiger charge is 2.21. The molecule has 4 nitrogen and oxygen atoms in total. The predicted octanol–water partition coefficient (Wildman–Crippen LogP) is 3.60. The number of halogens is 1. The lowest BCUT2D eigenvalue weighted by molar-refractivity contribution is -0.0394. The highest BCUT2D eigenvalue weighted by Crippen LogP contribution is 2.27. The van der Waals surface area contributed by atoms with Crippen LogP contribution in [0.25, 0.3) is 10.8 Å². The lowest BCUT2D eigenvalue weighted by atomic mass is 10.0. The average Bonchev–Trinajstić information content (AvgIpc) is 2.66. The number of fused-ring (bicyclic) bond motifs is 1. The van der Waals surface area contributed by atoms with Gasteiger partial charge in [0, 0.05) is 13.2 Å². The second-order valence-corrected chi connectivity index (χ2v) is 6.10. The van der Waals surface area contributed by atoms with Gasteiger partial charge in [-0.3, -0.25) is 0 Å². The second-order valence-electron chi connectivity index (χ2n) is 6.10. The third kappa shape index (κ3) is 4.19. The van der Waals surface area contributed by atoms with Crippen molar-refractivity contribution in [2.24, 2.45) is 0 Å². The van der Waals surface area contributed by atoms with Crippen LogP contribution in [0.15, 0.2) is 60.7 Å². The third-order valence-electron chi connectivity index (χ3n) is 4.23. The van der Waals surface area contributed by atoms with E-state index in [0.717, 1.165) is 16.3 Å². The third-order valence-corrected chi connectivity index (χ3v) is 4.23. The van der Waals surface area contributed by atoms with Gasteiger partial charge in [0.05, 0.1) is 6.61 Å². The molecule has 0 heterocycles. The molecule has 0 radical (unpaired) electrons. The van der Waals surface area contributed by atoms with Crippen LogP contribution in [0.5, 0.6) is 5.75 Å². The van der Waals surface area contributed by atoms with E-state index in [1.807, 2.05) is 42.5 Å². The Kier molecular flexibility index (Phi) is 5.83. The summed E-state index contributed by atoms with van der Waals surface area (Å²) in [5.41, 5.74) is 1.37. The van der Waals surface area contributed by atoms with Crippen molar-refractivity contribution in [2.75, 3.05) is 13.7 Å². The monoisotopic (exact) mass is 356 g/mol. The fourth-order valence-electron chi connectivity index (χ4n) is 2.94. The lowest BCUT2D eigenvalue weighted by Crippen LogP contribution is -2.24. The Morgan fingerprint density at radius 2 is 1.77 bits per heavy atom. The number of aliphatic hydroxyl groups is 2. The molecule has 3 aromatic rings. The van der Waals surface area contributed by atoms with E-state index in [1.165, 1.54) is 19.2 Å². The van der Waals surface area contributed by atoms with Crippen LogP contribution in [0, 0.1) is 5.82 Å². The predicted molar refractivity (Wildman–Crippen MR) is 97.5 cm³/mol. The first kappa shape index (κ1) is 18.3. The van der Waals surface area contributed by atoms with Gasteiger partial charge >= 0.3 is 0 Å². The molecule has 0 fully saturated rings. The highest BCUT2D eigenvalue weighted by atomic mass is 19.1. The van der Waals surface area contributed by atoms with E-state index < -0.39 is 24.6 Å². The first-order valence-corrected chi connectivity index (χ1v) is 8.33.